The molecule has 0 saturated carbocycles. The predicted octanol–water partition coefficient (Wildman–Crippen LogP) is 5.40. The van der Waals surface area contributed by atoms with E-state index >= 15 is 0 Å². The number of rotatable bonds is 10. The minimum absolute atomic E-state index is 0.123. The maximum Gasteiger partial charge on any atom is 0.338 e. The van der Waals surface area contributed by atoms with Gasteiger partial charge < -0.3 is 10.1 Å². The average molecular weight is 501 g/mol. The summed E-state index contributed by atoms with van der Waals surface area (Å²) in [6.45, 7) is 2.50. The minimum atomic E-state index is -0.399. The van der Waals surface area contributed by atoms with Crippen molar-refractivity contribution in [3.8, 4) is 0 Å². The van der Waals surface area contributed by atoms with Crippen LogP contribution in [0.1, 0.15) is 48.5 Å². The van der Waals surface area contributed by atoms with Crippen LogP contribution in [0.25, 0.3) is 6.08 Å². The number of nitrogens with zero attached hydrogens (tertiary/aromatic N) is 1. The number of amides is 2. The Balaban J connectivity index is 1.39. The van der Waals surface area contributed by atoms with E-state index in [9.17, 15) is 18.8 Å². The molecule has 1 N–H and O–H groups in total. The molecule has 1 heterocycles. The molecule has 0 spiro atoms. The van der Waals surface area contributed by atoms with E-state index in [0.29, 0.717) is 58.5 Å². The van der Waals surface area contributed by atoms with Crippen LogP contribution in [0.4, 0.5) is 10.1 Å². The highest BCUT2D eigenvalue weighted by molar-refractivity contribution is 8.26. The first kappa shape index (κ1) is 25.6. The summed E-state index contributed by atoms with van der Waals surface area (Å²) in [5.74, 6) is -1.13. The number of unbranched alkanes of at least 4 members (excludes halogenated alkanes) is 2. The van der Waals surface area contributed by atoms with Gasteiger partial charge in [-0.3, -0.25) is 14.5 Å². The maximum absolute atomic E-state index is 13.9. The Morgan fingerprint density at radius 2 is 1.85 bits per heavy atom. The largest absolute Gasteiger partial charge is 0.462 e. The van der Waals surface area contributed by atoms with Gasteiger partial charge in [-0.25, -0.2) is 9.18 Å². The van der Waals surface area contributed by atoms with Crippen LogP contribution in [0.3, 0.4) is 0 Å². The molecule has 34 heavy (non-hydrogen) atoms. The molecule has 2 aromatic carbocycles. The highest BCUT2D eigenvalue weighted by atomic mass is 32.2. The van der Waals surface area contributed by atoms with E-state index in [1.165, 1.54) is 28.8 Å². The Labute approximate surface area is 207 Å². The van der Waals surface area contributed by atoms with Gasteiger partial charge in [0, 0.05) is 24.2 Å². The number of nitrogens with one attached hydrogen (secondary N) is 1. The Bertz CT molecular complexity index is 1100. The molecule has 2 amide bonds. The topological polar surface area (TPSA) is 75.7 Å². The van der Waals surface area contributed by atoms with Crippen LogP contribution >= 0.6 is 24.0 Å². The molecule has 9 heteroatoms. The Hall–Kier alpha value is -3.04. The zero-order valence-corrected chi connectivity index (χ0v) is 20.3. The molecule has 3 rings (SSSR count). The number of thioether (sulfide) groups is 1. The summed E-state index contributed by atoms with van der Waals surface area (Å²) in [5.41, 5.74) is 1.39. The molecule has 0 unspecified atom stereocenters. The number of halogens is 1. The molecule has 0 radical (unpaired) electrons. The van der Waals surface area contributed by atoms with Crippen LogP contribution < -0.4 is 5.32 Å². The molecule has 1 fully saturated rings. The van der Waals surface area contributed by atoms with E-state index in [-0.39, 0.29) is 17.6 Å². The van der Waals surface area contributed by atoms with E-state index in [1.807, 2.05) is 0 Å². The fraction of sp³-hybridized carbons (Fsp3) is 0.280. The fourth-order valence-electron chi connectivity index (χ4n) is 3.29. The zero-order valence-electron chi connectivity index (χ0n) is 18.7. The lowest BCUT2D eigenvalue weighted by atomic mass is 10.1. The van der Waals surface area contributed by atoms with Crippen LogP contribution in [-0.4, -0.2) is 40.2 Å². The average Bonchev–Trinajstić information content (AvgIpc) is 3.08. The first-order valence-corrected chi connectivity index (χ1v) is 12.2. The smallest absolute Gasteiger partial charge is 0.338 e. The molecule has 1 aliphatic heterocycles. The summed E-state index contributed by atoms with van der Waals surface area (Å²) in [7, 11) is 0. The van der Waals surface area contributed by atoms with E-state index in [1.54, 1.807) is 49.4 Å². The fourth-order valence-corrected chi connectivity index (χ4v) is 4.59. The van der Waals surface area contributed by atoms with Gasteiger partial charge in [0.1, 0.15) is 10.1 Å². The van der Waals surface area contributed by atoms with Crippen molar-refractivity contribution in [2.45, 2.75) is 32.6 Å². The molecule has 0 aromatic heterocycles. The summed E-state index contributed by atoms with van der Waals surface area (Å²) in [4.78, 5) is 38.4. The third-order valence-corrected chi connectivity index (χ3v) is 6.41. The molecule has 1 saturated heterocycles. The van der Waals surface area contributed by atoms with Crippen molar-refractivity contribution in [1.29, 1.82) is 0 Å². The molecule has 0 atom stereocenters. The third kappa shape index (κ3) is 6.98. The lowest BCUT2D eigenvalue weighted by Crippen LogP contribution is -2.29. The highest BCUT2D eigenvalue weighted by Crippen LogP contribution is 2.33. The van der Waals surface area contributed by atoms with Crippen molar-refractivity contribution in [2.75, 3.05) is 18.5 Å². The number of hydrogen-bond acceptors (Lipinski definition) is 6. The summed E-state index contributed by atoms with van der Waals surface area (Å²) in [5, 5.41) is 2.80. The highest BCUT2D eigenvalue weighted by Gasteiger charge is 2.31. The van der Waals surface area contributed by atoms with Crippen LogP contribution in [-0.2, 0) is 14.3 Å². The summed E-state index contributed by atoms with van der Waals surface area (Å²) in [6, 6.07) is 12.8. The van der Waals surface area contributed by atoms with Gasteiger partial charge in [0.05, 0.1) is 17.1 Å². The number of carbonyl (C=O) groups excluding carboxylic acids is 3. The van der Waals surface area contributed by atoms with Crippen LogP contribution in [0.2, 0.25) is 0 Å². The molecule has 178 valence electrons. The first-order chi connectivity index (χ1) is 16.4. The van der Waals surface area contributed by atoms with Crippen molar-refractivity contribution in [1.82, 2.24) is 4.90 Å². The Kier molecular flexibility index (Phi) is 9.35. The summed E-state index contributed by atoms with van der Waals surface area (Å²) in [6.07, 6.45) is 3.97. The van der Waals surface area contributed by atoms with Crippen LogP contribution in [0.15, 0.2) is 53.4 Å². The molecule has 6 nitrogen and oxygen atoms in total. The molecule has 0 bridgehead atoms. The second-order valence-electron chi connectivity index (χ2n) is 7.51. The molecule has 2 aromatic rings. The molecular weight excluding hydrogens is 475 g/mol. The van der Waals surface area contributed by atoms with Crippen molar-refractivity contribution < 1.29 is 23.5 Å². The number of hydrogen-bond donors (Lipinski definition) is 1. The van der Waals surface area contributed by atoms with Gasteiger partial charge >= 0.3 is 5.97 Å². The second kappa shape index (κ2) is 12.4. The quantitative estimate of drug-likeness (QED) is 0.204. The minimum Gasteiger partial charge on any atom is -0.462 e. The third-order valence-electron chi connectivity index (χ3n) is 5.03. The summed E-state index contributed by atoms with van der Waals surface area (Å²) >= 11 is 6.49. The Morgan fingerprint density at radius 3 is 2.56 bits per heavy atom. The normalized spacial score (nSPS) is 14.5. The second-order valence-corrected chi connectivity index (χ2v) is 9.19. The number of benzene rings is 2. The van der Waals surface area contributed by atoms with Crippen LogP contribution in [0, 0.1) is 5.82 Å². The first-order valence-electron chi connectivity index (χ1n) is 11.0. The predicted molar refractivity (Wildman–Crippen MR) is 136 cm³/mol. The van der Waals surface area contributed by atoms with E-state index in [0.717, 1.165) is 6.42 Å². The zero-order chi connectivity index (χ0) is 24.5. The van der Waals surface area contributed by atoms with Gasteiger partial charge in [-0.2, -0.15) is 0 Å². The monoisotopic (exact) mass is 500 g/mol. The van der Waals surface area contributed by atoms with Gasteiger partial charge in [0.2, 0.25) is 5.91 Å². The number of carbonyl (C=O) groups is 3. The number of esters is 1. The Morgan fingerprint density at radius 1 is 1.12 bits per heavy atom. The van der Waals surface area contributed by atoms with Gasteiger partial charge in [-0.1, -0.05) is 48.6 Å². The SMILES string of the molecule is CCOC(=O)c1ccc(NC(=O)CCCCCN2C(=O)/C(=C/c3ccccc3F)SC2=S)cc1. The molecular formula is C25H25FN2O4S2. The van der Waals surface area contributed by atoms with Gasteiger partial charge in [-0.05, 0) is 56.2 Å². The number of anilines is 1. The standard InChI is InChI=1S/C25H25FN2O4S2/c1-2-32-24(31)17-11-13-19(14-12-17)27-22(29)10-4-3-7-15-28-23(30)21(34-25(28)33)16-18-8-5-6-9-20(18)26/h5-6,8-9,11-14,16H,2-4,7,10,15H2,1H3,(H,27,29)/b21-16-. The van der Waals surface area contributed by atoms with Gasteiger partial charge in [0.15, 0.2) is 0 Å². The van der Waals surface area contributed by atoms with E-state index in [2.05, 4.69) is 5.32 Å². The van der Waals surface area contributed by atoms with Gasteiger partial charge in [-0.15, -0.1) is 0 Å². The number of ether oxygens (including phenoxy) is 1. The summed E-state index contributed by atoms with van der Waals surface area (Å²) < 4.78 is 19.3. The van der Waals surface area contributed by atoms with E-state index < -0.39 is 5.97 Å². The van der Waals surface area contributed by atoms with Crippen LogP contribution in [0.5, 0.6) is 0 Å². The van der Waals surface area contributed by atoms with Crippen molar-refractivity contribution in [2.24, 2.45) is 0 Å². The maximum atomic E-state index is 13.9. The molecule has 1 aliphatic rings. The lowest BCUT2D eigenvalue weighted by Gasteiger charge is -2.14. The lowest BCUT2D eigenvalue weighted by molar-refractivity contribution is -0.122. The van der Waals surface area contributed by atoms with Crippen molar-refractivity contribution in [3.63, 3.8) is 0 Å². The molecule has 0 aliphatic carbocycles. The van der Waals surface area contributed by atoms with E-state index in [4.69, 9.17) is 17.0 Å². The van der Waals surface area contributed by atoms with Gasteiger partial charge in [0.25, 0.3) is 5.91 Å². The van der Waals surface area contributed by atoms with Crippen molar-refractivity contribution in [3.05, 3.63) is 70.4 Å². The van der Waals surface area contributed by atoms with Crippen molar-refractivity contribution >= 4 is 57.8 Å². The number of thiocarbonyl (C=S) groups is 1.